The Morgan fingerprint density at radius 2 is 1.79 bits per heavy atom. The summed E-state index contributed by atoms with van der Waals surface area (Å²) in [5.41, 5.74) is 3.14. The van der Waals surface area contributed by atoms with Gasteiger partial charge in [0.15, 0.2) is 11.0 Å². The van der Waals surface area contributed by atoms with E-state index < -0.39 is 0 Å². The Balaban J connectivity index is 1.61. The van der Waals surface area contributed by atoms with E-state index in [0.717, 1.165) is 34.3 Å². The van der Waals surface area contributed by atoms with E-state index in [9.17, 15) is 4.79 Å². The molecule has 1 N–H and O–H groups in total. The number of benzene rings is 2. The zero-order chi connectivity index (χ0) is 20.8. The van der Waals surface area contributed by atoms with Crippen LogP contribution in [0, 0.1) is 0 Å². The van der Waals surface area contributed by atoms with Gasteiger partial charge in [0.1, 0.15) is 0 Å². The molecule has 152 valence electrons. The first-order valence-corrected chi connectivity index (χ1v) is 10.7. The van der Waals surface area contributed by atoms with Crippen LogP contribution >= 0.6 is 23.4 Å². The van der Waals surface area contributed by atoms with E-state index in [1.165, 1.54) is 11.8 Å². The highest BCUT2D eigenvalue weighted by Crippen LogP contribution is 2.25. The summed E-state index contributed by atoms with van der Waals surface area (Å²) < 4.78 is 2.03. The zero-order valence-corrected chi connectivity index (χ0v) is 18.3. The van der Waals surface area contributed by atoms with Crippen LogP contribution in [-0.2, 0) is 17.9 Å². The summed E-state index contributed by atoms with van der Waals surface area (Å²) in [7, 11) is 4.02. The van der Waals surface area contributed by atoms with Crippen molar-refractivity contribution in [1.82, 2.24) is 20.1 Å². The molecule has 1 aromatic heterocycles. The molecule has 29 heavy (non-hydrogen) atoms. The van der Waals surface area contributed by atoms with Gasteiger partial charge in [0, 0.05) is 43.5 Å². The van der Waals surface area contributed by atoms with Crippen molar-refractivity contribution in [2.75, 3.05) is 24.7 Å². The fourth-order valence-corrected chi connectivity index (χ4v) is 3.74. The second-order valence-corrected chi connectivity index (χ2v) is 8.06. The van der Waals surface area contributed by atoms with Crippen molar-refractivity contribution in [2.24, 2.45) is 0 Å². The monoisotopic (exact) mass is 429 g/mol. The molecule has 3 rings (SSSR count). The predicted molar refractivity (Wildman–Crippen MR) is 119 cm³/mol. The lowest BCUT2D eigenvalue weighted by Gasteiger charge is -2.13. The van der Waals surface area contributed by atoms with Crippen LogP contribution in [0.5, 0.6) is 0 Å². The van der Waals surface area contributed by atoms with Crippen LogP contribution in [0.15, 0.2) is 53.7 Å². The number of halogens is 1. The number of thioether (sulfide) groups is 1. The molecule has 1 amide bonds. The van der Waals surface area contributed by atoms with E-state index >= 15 is 0 Å². The molecule has 2 aromatic carbocycles. The highest BCUT2D eigenvalue weighted by molar-refractivity contribution is 7.99. The van der Waals surface area contributed by atoms with Gasteiger partial charge >= 0.3 is 0 Å². The summed E-state index contributed by atoms with van der Waals surface area (Å²) in [6.07, 6.45) is 0. The topological polar surface area (TPSA) is 63.1 Å². The Hall–Kier alpha value is -2.51. The molecule has 0 bridgehead atoms. The average molecular weight is 430 g/mol. The van der Waals surface area contributed by atoms with Gasteiger partial charge in [-0.15, -0.1) is 10.2 Å². The van der Waals surface area contributed by atoms with Crippen LogP contribution in [0.25, 0.3) is 11.4 Å². The van der Waals surface area contributed by atoms with Crippen molar-refractivity contribution in [3.05, 3.63) is 59.1 Å². The van der Waals surface area contributed by atoms with Gasteiger partial charge in [-0.05, 0) is 48.9 Å². The molecule has 3 aromatic rings. The lowest BCUT2D eigenvalue weighted by molar-refractivity contribution is -0.118. The number of carbonyl (C=O) groups is 1. The van der Waals surface area contributed by atoms with Crippen molar-refractivity contribution in [1.29, 1.82) is 0 Å². The number of aromatic nitrogens is 3. The van der Waals surface area contributed by atoms with E-state index in [4.69, 9.17) is 11.6 Å². The molecule has 0 saturated heterocycles. The highest BCUT2D eigenvalue weighted by atomic mass is 35.5. The quantitative estimate of drug-likeness (QED) is 0.546. The number of anilines is 1. The Morgan fingerprint density at radius 1 is 1.10 bits per heavy atom. The van der Waals surface area contributed by atoms with Gasteiger partial charge in [0.25, 0.3) is 0 Å². The summed E-state index contributed by atoms with van der Waals surface area (Å²) >= 11 is 7.27. The number of hydrogen-bond acceptors (Lipinski definition) is 5. The largest absolute Gasteiger partial charge is 0.378 e. The maximum Gasteiger partial charge on any atom is 0.230 e. The Kier molecular flexibility index (Phi) is 7.17. The van der Waals surface area contributed by atoms with E-state index in [1.54, 1.807) is 0 Å². The lowest BCUT2D eigenvalue weighted by Crippen LogP contribution is -2.24. The van der Waals surface area contributed by atoms with Crippen LogP contribution in [0.3, 0.4) is 0 Å². The SMILES string of the molecule is CCn1c(SCC(=O)NCc2ccc(Cl)cc2)nnc1-c1ccc(N(C)C)cc1. The van der Waals surface area contributed by atoms with E-state index in [2.05, 4.69) is 32.5 Å². The Morgan fingerprint density at radius 3 is 2.41 bits per heavy atom. The molecule has 0 spiro atoms. The Bertz CT molecular complexity index is 954. The van der Waals surface area contributed by atoms with Crippen molar-refractivity contribution >= 4 is 35.0 Å². The fraction of sp³-hybridized carbons (Fsp3) is 0.286. The van der Waals surface area contributed by atoms with Crippen molar-refractivity contribution in [3.63, 3.8) is 0 Å². The average Bonchev–Trinajstić information content (AvgIpc) is 3.14. The van der Waals surface area contributed by atoms with Crippen LogP contribution in [0.1, 0.15) is 12.5 Å². The van der Waals surface area contributed by atoms with Gasteiger partial charge in [0.05, 0.1) is 5.75 Å². The molecule has 8 heteroatoms. The van der Waals surface area contributed by atoms with Gasteiger partial charge in [-0.25, -0.2) is 0 Å². The predicted octanol–water partition coefficient (Wildman–Crippen LogP) is 4.09. The summed E-state index contributed by atoms with van der Waals surface area (Å²) in [5.74, 6) is 1.04. The molecule has 0 radical (unpaired) electrons. The lowest BCUT2D eigenvalue weighted by atomic mass is 10.2. The second kappa shape index (κ2) is 9.80. The van der Waals surface area contributed by atoms with Gasteiger partial charge in [-0.3, -0.25) is 4.79 Å². The Labute approximate surface area is 180 Å². The third kappa shape index (κ3) is 5.52. The van der Waals surface area contributed by atoms with Crippen molar-refractivity contribution in [3.8, 4) is 11.4 Å². The summed E-state index contributed by atoms with van der Waals surface area (Å²) in [6, 6.07) is 15.6. The molecule has 6 nitrogen and oxygen atoms in total. The molecule has 0 aliphatic rings. The molecular formula is C21H24ClN5OS. The number of rotatable bonds is 8. The smallest absolute Gasteiger partial charge is 0.230 e. The maximum absolute atomic E-state index is 12.2. The minimum absolute atomic E-state index is 0.0486. The molecule has 0 unspecified atom stereocenters. The maximum atomic E-state index is 12.2. The first-order valence-electron chi connectivity index (χ1n) is 9.33. The van der Waals surface area contributed by atoms with Crippen LogP contribution < -0.4 is 10.2 Å². The van der Waals surface area contributed by atoms with Gasteiger partial charge < -0.3 is 14.8 Å². The van der Waals surface area contributed by atoms with E-state index in [-0.39, 0.29) is 11.7 Å². The standard InChI is InChI=1S/C21H24ClN5OS/c1-4-27-20(16-7-11-18(12-8-16)26(2)3)24-25-21(27)29-14-19(28)23-13-15-5-9-17(22)10-6-15/h5-12H,4,13-14H2,1-3H3,(H,23,28). The zero-order valence-electron chi connectivity index (χ0n) is 16.7. The molecule has 0 saturated carbocycles. The van der Waals surface area contributed by atoms with Crippen LogP contribution in [0.4, 0.5) is 5.69 Å². The van der Waals surface area contributed by atoms with Crippen molar-refractivity contribution < 1.29 is 4.79 Å². The molecule has 0 aliphatic carbocycles. The van der Waals surface area contributed by atoms with E-state index in [1.807, 2.05) is 62.0 Å². The number of hydrogen-bond donors (Lipinski definition) is 1. The number of carbonyl (C=O) groups excluding carboxylic acids is 1. The third-order valence-corrected chi connectivity index (χ3v) is 5.63. The minimum atomic E-state index is -0.0486. The normalized spacial score (nSPS) is 10.8. The second-order valence-electron chi connectivity index (χ2n) is 6.68. The highest BCUT2D eigenvalue weighted by Gasteiger charge is 2.14. The van der Waals surface area contributed by atoms with Gasteiger partial charge in [0.2, 0.25) is 5.91 Å². The molecule has 0 aliphatic heterocycles. The molecule has 0 fully saturated rings. The minimum Gasteiger partial charge on any atom is -0.378 e. The third-order valence-electron chi connectivity index (χ3n) is 4.41. The number of nitrogens with one attached hydrogen (secondary N) is 1. The first-order chi connectivity index (χ1) is 14.0. The number of nitrogens with zero attached hydrogens (tertiary/aromatic N) is 4. The van der Waals surface area contributed by atoms with Gasteiger partial charge in [-0.1, -0.05) is 35.5 Å². The fourth-order valence-electron chi connectivity index (χ4n) is 2.79. The first kappa shape index (κ1) is 21.2. The molecule has 1 heterocycles. The summed E-state index contributed by atoms with van der Waals surface area (Å²) in [6.45, 7) is 3.25. The molecule has 0 atom stereocenters. The van der Waals surface area contributed by atoms with Crippen molar-refractivity contribution in [2.45, 2.75) is 25.2 Å². The van der Waals surface area contributed by atoms with Gasteiger partial charge in [-0.2, -0.15) is 0 Å². The molecular weight excluding hydrogens is 406 g/mol. The summed E-state index contributed by atoms with van der Waals surface area (Å²) in [5, 5.41) is 13.0. The van der Waals surface area contributed by atoms with Crippen LogP contribution in [-0.4, -0.2) is 40.5 Å². The summed E-state index contributed by atoms with van der Waals surface area (Å²) in [4.78, 5) is 14.3. The van der Waals surface area contributed by atoms with E-state index in [0.29, 0.717) is 11.6 Å². The number of amides is 1. The van der Waals surface area contributed by atoms with Crippen LogP contribution in [0.2, 0.25) is 5.02 Å².